The molecule has 1 aromatic carbocycles. The Bertz CT molecular complexity index is 321. The summed E-state index contributed by atoms with van der Waals surface area (Å²) in [6.45, 7) is 6.26. The number of hydrogen-bond acceptors (Lipinski definition) is 2. The summed E-state index contributed by atoms with van der Waals surface area (Å²) in [6, 6.07) is 5.90. The van der Waals surface area contributed by atoms with Crippen molar-refractivity contribution in [2.24, 2.45) is 0 Å². The highest BCUT2D eigenvalue weighted by molar-refractivity contribution is 7.48. The smallest absolute Gasteiger partial charge is 0.142 e. The van der Waals surface area contributed by atoms with Crippen molar-refractivity contribution >= 4 is 13.3 Å². The highest BCUT2D eigenvalue weighted by atomic mass is 31.1. The van der Waals surface area contributed by atoms with Gasteiger partial charge in [-0.15, -0.1) is 4.52 Å². The van der Waals surface area contributed by atoms with E-state index in [2.05, 4.69) is 0 Å². The molecular weight excluding hydrogens is 183 g/mol. The van der Waals surface area contributed by atoms with Crippen LogP contribution in [0.15, 0.2) is 18.2 Å². The molecule has 2 nitrogen and oxygen atoms in total. The molecule has 0 heterocycles. The summed E-state index contributed by atoms with van der Waals surface area (Å²) in [4.78, 5) is 0. The molecule has 0 spiro atoms. The zero-order valence-corrected chi connectivity index (χ0v) is 9.10. The van der Waals surface area contributed by atoms with Crippen LogP contribution in [-0.4, -0.2) is 6.61 Å². The van der Waals surface area contributed by atoms with E-state index in [9.17, 15) is 4.57 Å². The standard InChI is InChI=1S/C10H14O2P/c1-4-12-13(11)10-7-8(2)5-6-9(10)3/h5-7H,4H2,1-3H3/q+1. The van der Waals surface area contributed by atoms with E-state index in [1.54, 1.807) is 0 Å². The van der Waals surface area contributed by atoms with Crippen molar-refractivity contribution in [3.8, 4) is 0 Å². The highest BCUT2D eigenvalue weighted by Gasteiger charge is 2.23. The molecule has 3 heteroatoms. The van der Waals surface area contributed by atoms with Crippen molar-refractivity contribution in [3.63, 3.8) is 0 Å². The third-order valence-electron chi connectivity index (χ3n) is 1.81. The lowest BCUT2D eigenvalue weighted by Crippen LogP contribution is -2.03. The van der Waals surface area contributed by atoms with Crippen LogP contribution in [0.2, 0.25) is 0 Å². The molecule has 70 valence electrons. The van der Waals surface area contributed by atoms with E-state index in [-0.39, 0.29) is 0 Å². The summed E-state index contributed by atoms with van der Waals surface area (Å²) < 4.78 is 16.6. The maximum atomic E-state index is 11.5. The van der Waals surface area contributed by atoms with Gasteiger partial charge in [0.1, 0.15) is 6.61 Å². The molecule has 1 rings (SSSR count). The Labute approximate surface area is 79.8 Å². The molecule has 0 bridgehead atoms. The minimum absolute atomic E-state index is 0.489. The van der Waals surface area contributed by atoms with Gasteiger partial charge in [-0.3, -0.25) is 0 Å². The largest absolute Gasteiger partial charge is 0.548 e. The predicted octanol–water partition coefficient (Wildman–Crippen LogP) is 2.71. The average molecular weight is 197 g/mol. The van der Waals surface area contributed by atoms with Gasteiger partial charge in [-0.25, -0.2) is 0 Å². The maximum Gasteiger partial charge on any atom is 0.548 e. The van der Waals surface area contributed by atoms with Crippen LogP contribution >= 0.6 is 8.03 Å². The molecule has 0 aliphatic carbocycles. The van der Waals surface area contributed by atoms with Crippen LogP contribution < -0.4 is 5.30 Å². The van der Waals surface area contributed by atoms with Crippen molar-refractivity contribution in [3.05, 3.63) is 29.3 Å². The first kappa shape index (κ1) is 10.4. The van der Waals surface area contributed by atoms with Gasteiger partial charge in [0.2, 0.25) is 5.30 Å². The van der Waals surface area contributed by atoms with Crippen LogP contribution in [0.25, 0.3) is 0 Å². The Morgan fingerprint density at radius 2 is 2.08 bits per heavy atom. The van der Waals surface area contributed by atoms with E-state index in [1.165, 1.54) is 0 Å². The topological polar surface area (TPSA) is 26.3 Å². The zero-order chi connectivity index (χ0) is 9.84. The Morgan fingerprint density at radius 1 is 1.38 bits per heavy atom. The number of rotatable bonds is 3. The fraction of sp³-hybridized carbons (Fsp3) is 0.400. The summed E-state index contributed by atoms with van der Waals surface area (Å²) in [6.07, 6.45) is 0. The van der Waals surface area contributed by atoms with Crippen LogP contribution in [0, 0.1) is 13.8 Å². The summed E-state index contributed by atoms with van der Waals surface area (Å²) >= 11 is 0. The van der Waals surface area contributed by atoms with Crippen molar-refractivity contribution < 1.29 is 9.09 Å². The quantitative estimate of drug-likeness (QED) is 0.696. The first-order valence-corrected chi connectivity index (χ1v) is 5.50. The Kier molecular flexibility index (Phi) is 3.58. The molecule has 0 amide bonds. The lowest BCUT2D eigenvalue weighted by Gasteiger charge is -1.95. The lowest BCUT2D eigenvalue weighted by molar-refractivity contribution is 0.357. The van der Waals surface area contributed by atoms with Crippen LogP contribution in [0.5, 0.6) is 0 Å². The summed E-state index contributed by atoms with van der Waals surface area (Å²) in [7, 11) is -1.66. The van der Waals surface area contributed by atoms with Gasteiger partial charge in [-0.1, -0.05) is 12.1 Å². The molecular formula is C10H14O2P+. The molecule has 0 aliphatic rings. The molecule has 0 N–H and O–H groups in total. The van der Waals surface area contributed by atoms with Crippen molar-refractivity contribution in [1.82, 2.24) is 0 Å². The van der Waals surface area contributed by atoms with Gasteiger partial charge in [-0.05, 0) is 37.0 Å². The molecule has 0 saturated carbocycles. The third-order valence-corrected chi connectivity index (χ3v) is 3.18. The SMILES string of the molecule is CCO[P+](=O)c1cc(C)ccc1C. The molecule has 1 atom stereocenters. The van der Waals surface area contributed by atoms with E-state index in [1.807, 2.05) is 39.0 Å². The van der Waals surface area contributed by atoms with Crippen LogP contribution in [-0.2, 0) is 9.09 Å². The Morgan fingerprint density at radius 3 is 2.69 bits per heavy atom. The minimum Gasteiger partial charge on any atom is -0.142 e. The molecule has 0 fully saturated rings. The second kappa shape index (κ2) is 4.50. The normalized spacial score (nSPS) is 11.5. The van der Waals surface area contributed by atoms with Crippen LogP contribution in [0.3, 0.4) is 0 Å². The number of hydrogen-bond donors (Lipinski definition) is 0. The molecule has 13 heavy (non-hydrogen) atoms. The van der Waals surface area contributed by atoms with Gasteiger partial charge in [0.25, 0.3) is 0 Å². The lowest BCUT2D eigenvalue weighted by atomic mass is 10.2. The molecule has 0 radical (unpaired) electrons. The van der Waals surface area contributed by atoms with Crippen LogP contribution in [0.4, 0.5) is 0 Å². The Balaban J connectivity index is 2.99. The molecule has 1 unspecified atom stereocenters. The fourth-order valence-corrected chi connectivity index (χ4v) is 2.15. The second-order valence-corrected chi connectivity index (χ2v) is 4.22. The van der Waals surface area contributed by atoms with Gasteiger partial charge in [0.05, 0.1) is 0 Å². The summed E-state index contributed by atoms with van der Waals surface area (Å²) in [5.74, 6) is 0. The van der Waals surface area contributed by atoms with Gasteiger partial charge in [-0.2, -0.15) is 0 Å². The number of aryl methyl sites for hydroxylation is 2. The van der Waals surface area contributed by atoms with E-state index in [0.717, 1.165) is 16.4 Å². The van der Waals surface area contributed by atoms with Gasteiger partial charge in [0.15, 0.2) is 0 Å². The van der Waals surface area contributed by atoms with Gasteiger partial charge in [0, 0.05) is 5.56 Å². The maximum absolute atomic E-state index is 11.5. The minimum atomic E-state index is -1.66. The fourth-order valence-electron chi connectivity index (χ4n) is 1.10. The number of benzene rings is 1. The van der Waals surface area contributed by atoms with E-state index in [0.29, 0.717) is 6.61 Å². The summed E-state index contributed by atoms with van der Waals surface area (Å²) in [5.41, 5.74) is 2.14. The van der Waals surface area contributed by atoms with E-state index in [4.69, 9.17) is 4.52 Å². The van der Waals surface area contributed by atoms with Crippen molar-refractivity contribution in [2.75, 3.05) is 6.61 Å². The van der Waals surface area contributed by atoms with E-state index >= 15 is 0 Å². The molecule has 0 aliphatic heterocycles. The first-order chi connectivity index (χ1) is 6.15. The van der Waals surface area contributed by atoms with Gasteiger partial charge < -0.3 is 0 Å². The third kappa shape index (κ3) is 2.61. The van der Waals surface area contributed by atoms with Crippen molar-refractivity contribution in [2.45, 2.75) is 20.8 Å². The first-order valence-electron chi connectivity index (χ1n) is 4.32. The highest BCUT2D eigenvalue weighted by Crippen LogP contribution is 2.23. The molecule has 0 saturated heterocycles. The Hall–Kier alpha value is -0.720. The monoisotopic (exact) mass is 197 g/mol. The van der Waals surface area contributed by atoms with E-state index < -0.39 is 8.03 Å². The van der Waals surface area contributed by atoms with Gasteiger partial charge >= 0.3 is 8.03 Å². The predicted molar refractivity (Wildman–Crippen MR) is 54.8 cm³/mol. The second-order valence-electron chi connectivity index (χ2n) is 2.96. The zero-order valence-electron chi connectivity index (χ0n) is 8.20. The summed E-state index contributed by atoms with van der Waals surface area (Å²) in [5, 5.41) is 0.817. The average Bonchev–Trinajstić information content (AvgIpc) is 2.09. The molecule has 0 aromatic heterocycles. The van der Waals surface area contributed by atoms with Crippen LogP contribution in [0.1, 0.15) is 18.1 Å². The molecule has 1 aromatic rings. The van der Waals surface area contributed by atoms with Crippen molar-refractivity contribution in [1.29, 1.82) is 0 Å².